The third kappa shape index (κ3) is 16.7. The highest BCUT2D eigenvalue weighted by atomic mass is 35.5. The topological polar surface area (TPSA) is 236 Å². The fourth-order valence-corrected chi connectivity index (χ4v) is 12.0. The number of carbonyl (C=O) groups excluding carboxylic acids is 7. The van der Waals surface area contributed by atoms with E-state index in [1.54, 1.807) is 83.1 Å². The summed E-state index contributed by atoms with van der Waals surface area (Å²) < 4.78 is 16.2. The smallest absolute Gasteiger partial charge is 0.410 e. The van der Waals surface area contributed by atoms with Crippen LogP contribution in [0.25, 0.3) is 0 Å². The summed E-state index contributed by atoms with van der Waals surface area (Å²) in [5.74, 6) is -1.50. The van der Waals surface area contributed by atoms with Gasteiger partial charge in [0.2, 0.25) is 11.8 Å². The van der Waals surface area contributed by atoms with Crippen molar-refractivity contribution in [1.82, 2.24) is 30.8 Å². The third-order valence-electron chi connectivity index (χ3n) is 14.6. The van der Waals surface area contributed by atoms with E-state index < -0.39 is 59.5 Å². The fraction of sp³-hybridized carbons (Fsp3) is 0.491. The molecular formula is C57H69Cl5N8O10. The second-order valence-electron chi connectivity index (χ2n) is 21.2. The van der Waals surface area contributed by atoms with Gasteiger partial charge in [0.1, 0.15) is 23.7 Å². The largest absolute Gasteiger partial charge is 0.464 e. The molecule has 0 bridgehead atoms. The van der Waals surface area contributed by atoms with Crippen molar-refractivity contribution in [2.24, 2.45) is 23.7 Å². The van der Waals surface area contributed by atoms with E-state index >= 15 is 0 Å². The van der Waals surface area contributed by atoms with Crippen LogP contribution in [0.4, 0.5) is 16.2 Å². The van der Waals surface area contributed by atoms with Crippen LogP contribution in [0, 0.1) is 23.7 Å². The van der Waals surface area contributed by atoms with E-state index in [2.05, 4.69) is 36.6 Å². The fourth-order valence-electron chi connectivity index (χ4n) is 10.9. The summed E-state index contributed by atoms with van der Waals surface area (Å²) >= 11 is 24.3. The van der Waals surface area contributed by atoms with Crippen molar-refractivity contribution in [3.05, 3.63) is 116 Å². The van der Waals surface area contributed by atoms with Crippen molar-refractivity contribution < 1.29 is 47.8 Å². The van der Waals surface area contributed by atoms with Crippen LogP contribution in [0.2, 0.25) is 20.1 Å². The lowest BCUT2D eigenvalue weighted by Crippen LogP contribution is -2.54. The second-order valence-corrected chi connectivity index (χ2v) is 22.8. The molecule has 2 saturated heterocycles. The molecule has 23 heteroatoms. The Hall–Kier alpha value is -5.76. The van der Waals surface area contributed by atoms with Gasteiger partial charge in [0, 0.05) is 55.5 Å². The zero-order chi connectivity index (χ0) is 57.0. The minimum absolute atomic E-state index is 0. The maximum atomic E-state index is 13.8. The molecule has 5 amide bonds. The van der Waals surface area contributed by atoms with Crippen LogP contribution in [0.15, 0.2) is 73.3 Å². The first-order chi connectivity index (χ1) is 37.7. The van der Waals surface area contributed by atoms with Gasteiger partial charge in [-0.3, -0.25) is 34.0 Å². The lowest BCUT2D eigenvalue weighted by atomic mass is 9.78. The molecule has 2 aliphatic heterocycles. The highest BCUT2D eigenvalue weighted by Crippen LogP contribution is 2.42. The number of nitrogens with zero attached hydrogens (tertiary/aromatic N) is 3. The minimum atomic E-state index is -0.981. The van der Waals surface area contributed by atoms with E-state index in [0.29, 0.717) is 29.8 Å². The molecule has 8 rings (SSSR count). The van der Waals surface area contributed by atoms with E-state index in [1.165, 1.54) is 36.1 Å². The Bertz CT molecular complexity index is 2800. The van der Waals surface area contributed by atoms with Crippen LogP contribution in [0.3, 0.4) is 0 Å². The number of hydrogen-bond acceptors (Lipinski definition) is 13. The van der Waals surface area contributed by atoms with Crippen molar-refractivity contribution in [2.45, 2.75) is 129 Å². The molecule has 432 valence electrons. The first-order valence-corrected chi connectivity index (χ1v) is 28.3. The molecule has 4 aliphatic rings. The summed E-state index contributed by atoms with van der Waals surface area (Å²) in [5.41, 5.74) is 2.09. The molecule has 0 radical (unpaired) electrons. The van der Waals surface area contributed by atoms with Gasteiger partial charge in [-0.2, -0.15) is 0 Å². The maximum Gasteiger partial charge on any atom is 0.410 e. The number of likely N-dealkylation sites (tertiary alicyclic amines) is 1. The molecule has 2 aromatic carbocycles. The van der Waals surface area contributed by atoms with Crippen molar-refractivity contribution in [2.75, 3.05) is 36.9 Å². The van der Waals surface area contributed by atoms with E-state index in [9.17, 15) is 33.6 Å². The minimum Gasteiger partial charge on any atom is -0.464 e. The first-order valence-electron chi connectivity index (χ1n) is 26.8. The Balaban J connectivity index is 0.000000259. The molecule has 4 unspecified atom stereocenters. The second kappa shape index (κ2) is 29.3. The Labute approximate surface area is 492 Å². The number of pyridine rings is 2. The number of hydrogen-bond donors (Lipinski definition) is 5. The van der Waals surface area contributed by atoms with Crippen molar-refractivity contribution in [3.63, 3.8) is 0 Å². The van der Waals surface area contributed by atoms with Crippen LogP contribution in [-0.2, 0) is 46.2 Å². The third-order valence-corrected chi connectivity index (χ3v) is 15.7. The molecule has 4 aromatic rings. The van der Waals surface area contributed by atoms with E-state index in [-0.39, 0.29) is 93.5 Å². The summed E-state index contributed by atoms with van der Waals surface area (Å²) in [6, 6.07) is 11.0. The standard InChI is InChI=1S/C31H38Cl2N4O6.C26H30Cl2N4O4.ClH/c1-5-42-29(40)24(14-18-10-12-20(13-11-18)35-27(38)25-22(32)15-34-16-23(25)33)36-28(39)26-21-9-7-6-8-19(21)17-37(26)30(41)43-31(2,3)4;1-2-36-26(35)21(32-25(34)23-18-6-4-3-5-16(18)12-30-23)11-15-7-9-17(10-8-15)31-24(33)22-19(27)13-29-14-20(22)28;/h10-13,15-16,19,21,24,26H,5-9,14,17H2,1-4H3,(H,35,38)(H,36,39);7-10,13-14,16,18,21,23,30H,2-6,11-12H2,1H3,(H,31,33)(H,32,34);1H/t19?,21?,24-,26+;16?,18?,21-,23+;/m11./s1. The number of esters is 2. The zero-order valence-electron chi connectivity index (χ0n) is 45.3. The van der Waals surface area contributed by atoms with Crippen molar-refractivity contribution in [1.29, 1.82) is 0 Å². The zero-order valence-corrected chi connectivity index (χ0v) is 49.1. The predicted octanol–water partition coefficient (Wildman–Crippen LogP) is 10.1. The normalized spacial score (nSPS) is 20.8. The Morgan fingerprint density at radius 3 is 1.50 bits per heavy atom. The van der Waals surface area contributed by atoms with Gasteiger partial charge in [0.25, 0.3) is 11.8 Å². The Morgan fingerprint density at radius 1 is 0.625 bits per heavy atom. The van der Waals surface area contributed by atoms with Crippen LogP contribution >= 0.6 is 58.8 Å². The van der Waals surface area contributed by atoms with Crippen molar-refractivity contribution >= 4 is 112 Å². The predicted molar refractivity (Wildman–Crippen MR) is 309 cm³/mol. The number of amides is 5. The average molecular weight is 1200 g/mol. The van der Waals surface area contributed by atoms with E-state index in [4.69, 9.17) is 60.6 Å². The molecular weight excluding hydrogens is 1130 g/mol. The molecule has 4 heterocycles. The summed E-state index contributed by atoms with van der Waals surface area (Å²) in [4.78, 5) is 100. The van der Waals surface area contributed by atoms with Crippen LogP contribution in [-0.4, -0.2) is 113 Å². The highest BCUT2D eigenvalue weighted by Gasteiger charge is 2.50. The van der Waals surface area contributed by atoms with Gasteiger partial charge in [-0.25, -0.2) is 14.4 Å². The summed E-state index contributed by atoms with van der Waals surface area (Å²) in [5, 5.41) is 15.2. The molecule has 5 N–H and O–H groups in total. The van der Waals surface area contributed by atoms with E-state index in [0.717, 1.165) is 62.6 Å². The molecule has 2 saturated carbocycles. The first kappa shape index (κ1) is 63.4. The summed E-state index contributed by atoms with van der Waals surface area (Å²) in [6.45, 7) is 10.5. The van der Waals surface area contributed by atoms with E-state index in [1.807, 2.05) is 0 Å². The number of carbonyl (C=O) groups is 7. The van der Waals surface area contributed by atoms with Gasteiger partial charge < -0.3 is 40.8 Å². The SMILES string of the molecule is CCOC(=O)[C@@H](Cc1ccc(NC(=O)c2c(Cl)cncc2Cl)cc1)NC(=O)[C@@H]1C2CCCCC2CN1C(=O)OC(C)(C)C.CCOC(=O)[C@@H](Cc1ccc(NC(=O)c2c(Cl)cncc2Cl)cc1)NC(=O)[C@H]1NCC2CCCCC21.Cl. The number of rotatable bonds is 16. The number of aromatic nitrogens is 2. The average Bonchev–Trinajstić information content (AvgIpc) is 4.03. The molecule has 18 nitrogen and oxygen atoms in total. The molecule has 2 aliphatic carbocycles. The molecule has 80 heavy (non-hydrogen) atoms. The summed E-state index contributed by atoms with van der Waals surface area (Å²) in [6.07, 6.45) is 13.6. The van der Waals surface area contributed by atoms with Gasteiger partial charge in [0.15, 0.2) is 0 Å². The number of benzene rings is 2. The number of fused-ring (bicyclic) bond motifs is 2. The van der Waals surface area contributed by atoms with Gasteiger partial charge in [0.05, 0.1) is 50.5 Å². The lowest BCUT2D eigenvalue weighted by molar-refractivity contribution is -0.148. The molecule has 0 spiro atoms. The lowest BCUT2D eigenvalue weighted by Gasteiger charge is -2.31. The molecule has 2 aromatic heterocycles. The number of ether oxygens (including phenoxy) is 3. The van der Waals surface area contributed by atoms with Crippen molar-refractivity contribution in [3.8, 4) is 0 Å². The van der Waals surface area contributed by atoms with Gasteiger partial charge in [-0.15, -0.1) is 12.4 Å². The van der Waals surface area contributed by atoms with Crippen LogP contribution < -0.4 is 26.6 Å². The number of anilines is 2. The quantitative estimate of drug-likeness (QED) is 0.0519. The van der Waals surface area contributed by atoms with Crippen LogP contribution in [0.5, 0.6) is 0 Å². The van der Waals surface area contributed by atoms with Gasteiger partial charge >= 0.3 is 18.0 Å². The Morgan fingerprint density at radius 2 is 1.05 bits per heavy atom. The number of nitrogens with one attached hydrogen (secondary N) is 5. The summed E-state index contributed by atoms with van der Waals surface area (Å²) in [7, 11) is 0. The molecule has 4 fully saturated rings. The van der Waals surface area contributed by atoms with Crippen LogP contribution in [0.1, 0.15) is 118 Å². The van der Waals surface area contributed by atoms with Gasteiger partial charge in [-0.1, -0.05) is 96.4 Å². The Kier molecular flexibility index (Phi) is 23.2. The monoisotopic (exact) mass is 1200 g/mol. The highest BCUT2D eigenvalue weighted by molar-refractivity contribution is 6.41. The molecule has 8 atom stereocenters. The van der Waals surface area contributed by atoms with Gasteiger partial charge in [-0.05, 0) is 126 Å². The maximum absolute atomic E-state index is 13.8. The number of halogens is 5.